The lowest BCUT2D eigenvalue weighted by atomic mass is 10.5. The first-order valence-electron chi connectivity index (χ1n) is 3.19. The van der Waals surface area contributed by atoms with Crippen LogP contribution in [0, 0.1) is 12.3 Å². The smallest absolute Gasteiger partial charge is 0.128 e. The fourth-order valence-corrected chi connectivity index (χ4v) is 0.603. The highest BCUT2D eigenvalue weighted by Crippen LogP contribution is 1.87. The minimum absolute atomic E-state index is 0.272. The summed E-state index contributed by atoms with van der Waals surface area (Å²) in [4.78, 5) is 11.6. The number of nitrogens with zero attached hydrogens (tertiary/aromatic N) is 1. The van der Waals surface area contributed by atoms with Crippen molar-refractivity contribution in [2.24, 2.45) is 0 Å². The number of hydroxylamine groups is 1. The zero-order chi connectivity index (χ0) is 7.94. The van der Waals surface area contributed by atoms with E-state index in [1.807, 2.05) is 0 Å². The van der Waals surface area contributed by atoms with E-state index in [0.717, 1.165) is 5.69 Å². The molecule has 0 aliphatic heterocycles. The summed E-state index contributed by atoms with van der Waals surface area (Å²) in [5.41, 5.74) is 3.64. The first-order chi connectivity index (χ1) is 5.43. The Bertz CT molecular complexity index is 224. The van der Waals surface area contributed by atoms with Crippen molar-refractivity contribution >= 4 is 0 Å². The summed E-state index contributed by atoms with van der Waals surface area (Å²) in [5, 5.41) is 0. The second-order valence-corrected chi connectivity index (χ2v) is 1.89. The molecule has 4 nitrogen and oxygen atoms in total. The van der Waals surface area contributed by atoms with Gasteiger partial charge in [0.1, 0.15) is 6.61 Å². The van der Waals surface area contributed by atoms with E-state index in [0.29, 0.717) is 6.54 Å². The molecule has 1 heterocycles. The molecule has 4 heteroatoms. The van der Waals surface area contributed by atoms with Crippen molar-refractivity contribution in [1.29, 1.82) is 0 Å². The highest BCUT2D eigenvalue weighted by Gasteiger charge is 1.90. The predicted octanol–water partition coefficient (Wildman–Crippen LogP) is 0.0641. The monoisotopic (exact) mass is 151 g/mol. The van der Waals surface area contributed by atoms with E-state index in [-0.39, 0.29) is 6.61 Å². The number of H-pyrrole nitrogens is 1. The van der Waals surface area contributed by atoms with E-state index in [1.165, 1.54) is 0 Å². The van der Waals surface area contributed by atoms with E-state index in [9.17, 15) is 0 Å². The molecule has 1 aromatic rings. The molecule has 0 aromatic carbocycles. The SMILES string of the molecule is C#CCONCc1cnc[nH]1. The minimum Gasteiger partial charge on any atom is -0.347 e. The lowest BCUT2D eigenvalue weighted by Gasteiger charge is -1.98. The molecule has 2 N–H and O–H groups in total. The summed E-state index contributed by atoms with van der Waals surface area (Å²) in [6, 6.07) is 0. The molecule has 58 valence electrons. The quantitative estimate of drug-likeness (QED) is 0.363. The van der Waals surface area contributed by atoms with Gasteiger partial charge in [-0.2, -0.15) is 5.48 Å². The Morgan fingerprint density at radius 2 is 2.73 bits per heavy atom. The van der Waals surface area contributed by atoms with E-state index < -0.39 is 0 Å². The Labute approximate surface area is 64.9 Å². The van der Waals surface area contributed by atoms with Crippen molar-refractivity contribution in [2.75, 3.05) is 6.61 Å². The van der Waals surface area contributed by atoms with Crippen LogP contribution < -0.4 is 5.48 Å². The van der Waals surface area contributed by atoms with Gasteiger partial charge in [-0.25, -0.2) is 4.98 Å². The van der Waals surface area contributed by atoms with Crippen molar-refractivity contribution in [3.8, 4) is 12.3 Å². The number of imidazole rings is 1. The van der Waals surface area contributed by atoms with Crippen molar-refractivity contribution < 1.29 is 4.84 Å². The van der Waals surface area contributed by atoms with E-state index in [4.69, 9.17) is 11.3 Å². The Morgan fingerprint density at radius 1 is 1.82 bits per heavy atom. The first kappa shape index (κ1) is 7.79. The molecule has 0 spiro atoms. The maximum atomic E-state index is 4.95. The third-order valence-corrected chi connectivity index (χ3v) is 1.08. The van der Waals surface area contributed by atoms with Gasteiger partial charge in [0.15, 0.2) is 0 Å². The number of terminal acetylenes is 1. The van der Waals surface area contributed by atoms with Crippen molar-refractivity contribution in [3.63, 3.8) is 0 Å². The molecule has 0 unspecified atom stereocenters. The Hall–Kier alpha value is -1.31. The topological polar surface area (TPSA) is 49.9 Å². The molecular formula is C7H9N3O. The van der Waals surface area contributed by atoms with Crippen molar-refractivity contribution in [3.05, 3.63) is 18.2 Å². The second kappa shape index (κ2) is 4.50. The fraction of sp³-hybridized carbons (Fsp3) is 0.286. The normalized spacial score (nSPS) is 9.36. The average Bonchev–Trinajstić information content (AvgIpc) is 2.50. The molecule has 0 saturated carbocycles. The van der Waals surface area contributed by atoms with Crippen LogP contribution in [0.5, 0.6) is 0 Å². The number of aromatic nitrogens is 2. The van der Waals surface area contributed by atoms with Gasteiger partial charge >= 0.3 is 0 Å². The van der Waals surface area contributed by atoms with Crippen LogP contribution in [0.2, 0.25) is 0 Å². The summed E-state index contributed by atoms with van der Waals surface area (Å²) >= 11 is 0. The molecule has 0 bridgehead atoms. The lowest BCUT2D eigenvalue weighted by molar-refractivity contribution is 0.0608. The third kappa shape index (κ3) is 2.85. The van der Waals surface area contributed by atoms with Crippen LogP contribution in [0.3, 0.4) is 0 Å². The van der Waals surface area contributed by atoms with Crippen molar-refractivity contribution in [2.45, 2.75) is 6.54 Å². The average molecular weight is 151 g/mol. The molecule has 0 aliphatic rings. The first-order valence-corrected chi connectivity index (χ1v) is 3.19. The van der Waals surface area contributed by atoms with Gasteiger partial charge < -0.3 is 4.98 Å². The Kier molecular flexibility index (Phi) is 3.19. The highest BCUT2D eigenvalue weighted by atomic mass is 16.6. The number of rotatable bonds is 4. The lowest BCUT2D eigenvalue weighted by Crippen LogP contribution is -2.14. The highest BCUT2D eigenvalue weighted by molar-refractivity contribution is 4.92. The van der Waals surface area contributed by atoms with Crippen LogP contribution in [0.4, 0.5) is 0 Å². The molecule has 1 aromatic heterocycles. The molecule has 0 aliphatic carbocycles. The van der Waals surface area contributed by atoms with Gasteiger partial charge in [0.2, 0.25) is 0 Å². The number of hydrogen-bond donors (Lipinski definition) is 2. The summed E-state index contributed by atoms with van der Waals surface area (Å²) in [5.74, 6) is 2.34. The maximum absolute atomic E-state index is 4.95. The van der Waals surface area contributed by atoms with Gasteiger partial charge in [-0.15, -0.1) is 6.42 Å². The van der Waals surface area contributed by atoms with Gasteiger partial charge in [-0.1, -0.05) is 5.92 Å². The van der Waals surface area contributed by atoms with Gasteiger partial charge in [0.05, 0.1) is 18.6 Å². The largest absolute Gasteiger partial charge is 0.347 e. The van der Waals surface area contributed by atoms with Crippen LogP contribution >= 0.6 is 0 Å². The molecule has 0 amide bonds. The second-order valence-electron chi connectivity index (χ2n) is 1.89. The Balaban J connectivity index is 2.10. The molecule has 11 heavy (non-hydrogen) atoms. The van der Waals surface area contributed by atoms with E-state index in [1.54, 1.807) is 12.5 Å². The predicted molar refractivity (Wildman–Crippen MR) is 40.2 cm³/mol. The summed E-state index contributed by atoms with van der Waals surface area (Å²) < 4.78 is 0. The van der Waals surface area contributed by atoms with Gasteiger partial charge in [-0.3, -0.25) is 4.84 Å². The van der Waals surface area contributed by atoms with E-state index in [2.05, 4.69) is 21.4 Å². The molecule has 0 saturated heterocycles. The van der Waals surface area contributed by atoms with Crippen LogP contribution in [0.25, 0.3) is 0 Å². The molecule has 0 fully saturated rings. The van der Waals surface area contributed by atoms with Crippen LogP contribution in [-0.2, 0) is 11.4 Å². The fourth-order valence-electron chi connectivity index (χ4n) is 0.603. The van der Waals surface area contributed by atoms with E-state index >= 15 is 0 Å². The van der Waals surface area contributed by atoms with Gasteiger partial charge in [0.25, 0.3) is 0 Å². The van der Waals surface area contributed by atoms with Gasteiger partial charge in [0, 0.05) is 6.20 Å². The number of hydrogen-bond acceptors (Lipinski definition) is 3. The van der Waals surface area contributed by atoms with Crippen LogP contribution in [0.15, 0.2) is 12.5 Å². The number of nitrogens with one attached hydrogen (secondary N) is 2. The summed E-state index contributed by atoms with van der Waals surface area (Å²) in [6.45, 7) is 0.857. The number of aromatic amines is 1. The zero-order valence-electron chi connectivity index (χ0n) is 6.00. The summed E-state index contributed by atoms with van der Waals surface area (Å²) in [7, 11) is 0. The van der Waals surface area contributed by atoms with Crippen LogP contribution in [0.1, 0.15) is 5.69 Å². The van der Waals surface area contributed by atoms with Gasteiger partial charge in [-0.05, 0) is 0 Å². The molecular weight excluding hydrogens is 142 g/mol. The minimum atomic E-state index is 0.272. The standard InChI is InChI=1S/C7H9N3O/c1-2-3-11-10-5-7-4-8-6-9-7/h1,4,6,10H,3,5H2,(H,8,9). The summed E-state index contributed by atoms with van der Waals surface area (Å²) in [6.07, 6.45) is 8.28. The van der Waals surface area contributed by atoms with Crippen LogP contribution in [-0.4, -0.2) is 16.6 Å². The molecule has 0 atom stereocenters. The zero-order valence-corrected chi connectivity index (χ0v) is 6.00. The Morgan fingerprint density at radius 3 is 3.36 bits per heavy atom. The van der Waals surface area contributed by atoms with Crippen molar-refractivity contribution in [1.82, 2.24) is 15.4 Å². The third-order valence-electron chi connectivity index (χ3n) is 1.08. The molecule has 1 rings (SSSR count). The molecule has 0 radical (unpaired) electrons. The maximum Gasteiger partial charge on any atom is 0.128 e.